The first kappa shape index (κ1) is 19.8. The number of carboxylic acids is 1. The maximum Gasteiger partial charge on any atom is 0.341 e. The summed E-state index contributed by atoms with van der Waals surface area (Å²) in [6.45, 7) is 4.12. The van der Waals surface area contributed by atoms with Crippen LogP contribution in [0.4, 0.5) is 0 Å². The third kappa shape index (κ3) is 5.75. The van der Waals surface area contributed by atoms with Crippen LogP contribution in [0.5, 0.6) is 11.5 Å². The number of aliphatic hydroxyl groups excluding tert-OH is 1. The molecular weight excluding hydrogens is 334 g/mol. The summed E-state index contributed by atoms with van der Waals surface area (Å²) in [6.07, 6.45) is 0.108. The summed E-state index contributed by atoms with van der Waals surface area (Å²) < 4.78 is 5.22. The molecule has 0 radical (unpaired) electrons. The second-order valence-corrected chi connectivity index (χ2v) is 6.31. The minimum Gasteiger partial charge on any atom is -0.508 e. The Hall–Kier alpha value is -2.57. The van der Waals surface area contributed by atoms with Crippen molar-refractivity contribution < 1.29 is 24.9 Å². The Labute approximate surface area is 153 Å². The molecule has 0 amide bonds. The van der Waals surface area contributed by atoms with E-state index in [0.29, 0.717) is 12.3 Å². The number of ether oxygens (including phenoxy) is 1. The molecule has 6 heteroatoms. The van der Waals surface area contributed by atoms with Gasteiger partial charge in [0.15, 0.2) is 6.61 Å². The fourth-order valence-corrected chi connectivity index (χ4v) is 2.68. The number of carboxylic acid groups (broad SMARTS) is 1. The van der Waals surface area contributed by atoms with E-state index >= 15 is 0 Å². The molecule has 0 heterocycles. The van der Waals surface area contributed by atoms with Crippen molar-refractivity contribution in [3.63, 3.8) is 0 Å². The number of carbonyl (C=O) groups is 1. The molecule has 0 fully saturated rings. The molecule has 26 heavy (non-hydrogen) atoms. The molecule has 2 atom stereocenters. The van der Waals surface area contributed by atoms with E-state index in [-0.39, 0.29) is 18.4 Å². The molecule has 4 N–H and O–H groups in total. The van der Waals surface area contributed by atoms with Gasteiger partial charge in [0, 0.05) is 6.04 Å². The van der Waals surface area contributed by atoms with Gasteiger partial charge in [-0.05, 0) is 61.7 Å². The molecule has 0 aliphatic rings. The topological polar surface area (TPSA) is 99.0 Å². The number of aromatic hydroxyl groups is 1. The Morgan fingerprint density at radius 2 is 1.88 bits per heavy atom. The van der Waals surface area contributed by atoms with Gasteiger partial charge in [0.2, 0.25) is 0 Å². The number of phenolic OH excluding ortho intramolecular Hbond substituents is 1. The van der Waals surface area contributed by atoms with Gasteiger partial charge < -0.3 is 25.4 Å². The van der Waals surface area contributed by atoms with Crippen LogP contribution in [-0.2, 0) is 11.2 Å². The number of phenols is 1. The Bertz CT molecular complexity index is 729. The van der Waals surface area contributed by atoms with Crippen molar-refractivity contribution in [1.29, 1.82) is 0 Å². The van der Waals surface area contributed by atoms with Crippen LogP contribution in [0.2, 0.25) is 0 Å². The number of benzene rings is 2. The quantitative estimate of drug-likeness (QED) is 0.549. The van der Waals surface area contributed by atoms with Crippen LogP contribution in [0, 0.1) is 6.92 Å². The smallest absolute Gasteiger partial charge is 0.341 e. The highest BCUT2D eigenvalue weighted by atomic mass is 16.5. The van der Waals surface area contributed by atoms with Crippen molar-refractivity contribution in [1.82, 2.24) is 5.32 Å². The fourth-order valence-electron chi connectivity index (χ4n) is 2.68. The van der Waals surface area contributed by atoms with Gasteiger partial charge in [-0.1, -0.05) is 24.3 Å². The van der Waals surface area contributed by atoms with E-state index in [1.165, 1.54) is 0 Å². The number of aryl methyl sites for hydroxylation is 1. The summed E-state index contributed by atoms with van der Waals surface area (Å²) in [5.74, 6) is -0.258. The van der Waals surface area contributed by atoms with E-state index in [0.717, 1.165) is 23.1 Å². The predicted molar refractivity (Wildman–Crippen MR) is 98.5 cm³/mol. The van der Waals surface area contributed by atoms with Gasteiger partial charge in [-0.15, -0.1) is 0 Å². The molecule has 0 spiro atoms. The Balaban J connectivity index is 1.83. The van der Waals surface area contributed by atoms with Crippen molar-refractivity contribution in [3.8, 4) is 11.5 Å². The van der Waals surface area contributed by atoms with Crippen molar-refractivity contribution in [2.24, 2.45) is 0 Å². The molecule has 2 rings (SSSR count). The Morgan fingerprint density at radius 1 is 1.19 bits per heavy atom. The summed E-state index contributed by atoms with van der Waals surface area (Å²) >= 11 is 0. The van der Waals surface area contributed by atoms with E-state index in [9.17, 15) is 15.0 Å². The highest BCUT2D eigenvalue weighted by molar-refractivity contribution is 5.68. The molecule has 0 aliphatic heterocycles. The molecule has 140 valence electrons. The monoisotopic (exact) mass is 359 g/mol. The lowest BCUT2D eigenvalue weighted by Crippen LogP contribution is -2.33. The van der Waals surface area contributed by atoms with Crippen LogP contribution in [0.1, 0.15) is 29.7 Å². The normalized spacial score (nSPS) is 13.2. The summed E-state index contributed by atoms with van der Waals surface area (Å²) in [4.78, 5) is 10.6. The van der Waals surface area contributed by atoms with Gasteiger partial charge in [-0.3, -0.25) is 0 Å². The van der Waals surface area contributed by atoms with Crippen LogP contribution in [0.15, 0.2) is 42.5 Å². The van der Waals surface area contributed by atoms with Crippen molar-refractivity contribution >= 4 is 5.97 Å². The van der Waals surface area contributed by atoms with E-state index in [2.05, 4.69) is 5.32 Å². The van der Waals surface area contributed by atoms with E-state index in [1.807, 2.05) is 26.0 Å². The average molecular weight is 359 g/mol. The molecule has 0 unspecified atom stereocenters. The predicted octanol–water partition coefficient (Wildman–Crippen LogP) is 2.42. The standard InChI is InChI=1S/C20H25NO5/c1-13-11-15(3-8-18(13)26-12-19(23)24)9-10-21-14(2)20(25)16-4-6-17(22)7-5-16/h3-8,11,14,20-22,25H,9-10,12H2,1-2H3,(H,23,24)/t14-,20+/m0/s1. The van der Waals surface area contributed by atoms with Gasteiger partial charge >= 0.3 is 5.97 Å². The zero-order chi connectivity index (χ0) is 19.1. The van der Waals surface area contributed by atoms with E-state index < -0.39 is 12.1 Å². The molecule has 0 bridgehead atoms. The van der Waals surface area contributed by atoms with Crippen molar-refractivity contribution in [3.05, 3.63) is 59.2 Å². The second kappa shape index (κ2) is 9.22. The zero-order valence-electron chi connectivity index (χ0n) is 15.0. The third-order valence-electron chi connectivity index (χ3n) is 4.18. The van der Waals surface area contributed by atoms with E-state index in [4.69, 9.17) is 9.84 Å². The van der Waals surface area contributed by atoms with E-state index in [1.54, 1.807) is 30.3 Å². The number of aliphatic carboxylic acids is 1. The lowest BCUT2D eigenvalue weighted by molar-refractivity contribution is -0.139. The Kier molecular flexibility index (Phi) is 7.00. The molecule has 0 aliphatic carbocycles. The van der Waals surface area contributed by atoms with Crippen LogP contribution in [0.25, 0.3) is 0 Å². The summed E-state index contributed by atoms with van der Waals surface area (Å²) in [7, 11) is 0. The lowest BCUT2D eigenvalue weighted by Gasteiger charge is -2.21. The number of hydrogen-bond acceptors (Lipinski definition) is 5. The van der Waals surface area contributed by atoms with Gasteiger partial charge in [-0.25, -0.2) is 4.79 Å². The van der Waals surface area contributed by atoms with Gasteiger partial charge in [-0.2, -0.15) is 0 Å². The van der Waals surface area contributed by atoms with Crippen LogP contribution in [0.3, 0.4) is 0 Å². The lowest BCUT2D eigenvalue weighted by atomic mass is 10.0. The minimum atomic E-state index is -1.00. The van der Waals surface area contributed by atoms with Crippen molar-refractivity contribution in [2.75, 3.05) is 13.2 Å². The number of nitrogens with one attached hydrogen (secondary N) is 1. The first-order valence-corrected chi connectivity index (χ1v) is 8.51. The maximum absolute atomic E-state index is 10.6. The molecular formula is C20H25NO5. The maximum atomic E-state index is 10.6. The summed E-state index contributed by atoms with van der Waals surface area (Å²) in [6, 6.07) is 12.0. The summed E-state index contributed by atoms with van der Waals surface area (Å²) in [5.41, 5.74) is 2.74. The molecule has 0 saturated carbocycles. The third-order valence-corrected chi connectivity index (χ3v) is 4.18. The molecule has 2 aromatic rings. The Morgan fingerprint density at radius 3 is 2.50 bits per heavy atom. The number of hydrogen-bond donors (Lipinski definition) is 4. The molecule has 0 saturated heterocycles. The van der Waals surface area contributed by atoms with Crippen LogP contribution in [-0.4, -0.2) is 40.5 Å². The van der Waals surface area contributed by atoms with Crippen LogP contribution < -0.4 is 10.1 Å². The highest BCUT2D eigenvalue weighted by Gasteiger charge is 2.15. The van der Waals surface area contributed by atoms with Gasteiger partial charge in [0.05, 0.1) is 6.10 Å². The van der Waals surface area contributed by atoms with Crippen LogP contribution >= 0.6 is 0 Å². The fraction of sp³-hybridized carbons (Fsp3) is 0.350. The zero-order valence-corrected chi connectivity index (χ0v) is 15.0. The molecule has 0 aromatic heterocycles. The number of rotatable bonds is 9. The SMILES string of the molecule is Cc1cc(CCN[C@@H](C)[C@@H](O)c2ccc(O)cc2)ccc1OCC(=O)O. The van der Waals surface area contributed by atoms with Gasteiger partial charge in [0.25, 0.3) is 0 Å². The average Bonchev–Trinajstić information content (AvgIpc) is 2.60. The highest BCUT2D eigenvalue weighted by Crippen LogP contribution is 2.21. The molecule has 6 nitrogen and oxygen atoms in total. The first-order chi connectivity index (χ1) is 12.4. The number of aliphatic hydroxyl groups is 1. The first-order valence-electron chi connectivity index (χ1n) is 8.51. The minimum absolute atomic E-state index is 0.140. The van der Waals surface area contributed by atoms with Gasteiger partial charge in [0.1, 0.15) is 11.5 Å². The largest absolute Gasteiger partial charge is 0.508 e. The second-order valence-electron chi connectivity index (χ2n) is 6.31. The van der Waals surface area contributed by atoms with Crippen molar-refractivity contribution in [2.45, 2.75) is 32.4 Å². The molecule has 2 aromatic carbocycles. The summed E-state index contributed by atoms with van der Waals surface area (Å²) in [5, 5.41) is 31.6.